The number of aliphatic hydroxyl groups excluding tert-OH is 1. The molecular formula is C16H24N2O3. The summed E-state index contributed by atoms with van der Waals surface area (Å²) in [6, 6.07) is 9.26. The molecule has 0 aliphatic carbocycles. The van der Waals surface area contributed by atoms with Gasteiger partial charge in [-0.3, -0.25) is 9.59 Å². The van der Waals surface area contributed by atoms with Crippen molar-refractivity contribution >= 4 is 11.8 Å². The van der Waals surface area contributed by atoms with Crippen molar-refractivity contribution in [1.29, 1.82) is 0 Å². The molecule has 1 aromatic rings. The number of carbonyl (C=O) groups is 2. The Labute approximate surface area is 125 Å². The zero-order valence-corrected chi connectivity index (χ0v) is 12.8. The summed E-state index contributed by atoms with van der Waals surface area (Å²) in [6.45, 7) is 5.12. The number of carbonyl (C=O) groups excluding carboxylic acids is 2. The molecule has 2 amide bonds. The van der Waals surface area contributed by atoms with Gasteiger partial charge in [-0.25, -0.2) is 0 Å². The van der Waals surface area contributed by atoms with Gasteiger partial charge in [0.05, 0.1) is 19.2 Å². The molecule has 1 rings (SSSR count). The smallest absolute Gasteiger partial charge is 0.239 e. The van der Waals surface area contributed by atoms with Crippen LogP contribution < -0.4 is 10.6 Å². The molecule has 0 fully saturated rings. The lowest BCUT2D eigenvalue weighted by Gasteiger charge is -2.19. The third kappa shape index (κ3) is 6.40. The first-order valence-electron chi connectivity index (χ1n) is 7.05. The number of amides is 2. The number of aliphatic hydroxyl groups is 1. The third-order valence-corrected chi connectivity index (χ3v) is 3.00. The predicted octanol–water partition coefficient (Wildman–Crippen LogP) is 0.869. The lowest BCUT2D eigenvalue weighted by atomic mass is 9.96. The van der Waals surface area contributed by atoms with Crippen molar-refractivity contribution in [3.05, 3.63) is 35.9 Å². The maximum atomic E-state index is 11.8. The summed E-state index contributed by atoms with van der Waals surface area (Å²) in [7, 11) is 0. The van der Waals surface area contributed by atoms with Crippen LogP contribution in [0.4, 0.5) is 0 Å². The highest BCUT2D eigenvalue weighted by Crippen LogP contribution is 2.11. The molecule has 0 saturated carbocycles. The lowest BCUT2D eigenvalue weighted by Crippen LogP contribution is -2.46. The van der Waals surface area contributed by atoms with E-state index in [1.54, 1.807) is 20.8 Å². The Bertz CT molecular complexity index is 466. The molecule has 116 valence electrons. The summed E-state index contributed by atoms with van der Waals surface area (Å²) >= 11 is 0. The van der Waals surface area contributed by atoms with Crippen LogP contribution in [0.25, 0.3) is 0 Å². The van der Waals surface area contributed by atoms with Crippen LogP contribution in [0.2, 0.25) is 0 Å². The quantitative estimate of drug-likeness (QED) is 0.728. The zero-order valence-electron chi connectivity index (χ0n) is 12.8. The van der Waals surface area contributed by atoms with Crippen LogP contribution in [0.5, 0.6) is 0 Å². The van der Waals surface area contributed by atoms with Gasteiger partial charge in [-0.1, -0.05) is 51.1 Å². The molecule has 5 nitrogen and oxygen atoms in total. The SMILES string of the molecule is CC(C)(C)C(=O)NCC(=O)N[C@@H](CO)Cc1ccccc1. The van der Waals surface area contributed by atoms with Crippen molar-refractivity contribution in [3.8, 4) is 0 Å². The Hall–Kier alpha value is -1.88. The lowest BCUT2D eigenvalue weighted by molar-refractivity contribution is -0.131. The first kappa shape index (κ1) is 17.2. The van der Waals surface area contributed by atoms with Gasteiger partial charge in [-0.05, 0) is 12.0 Å². The van der Waals surface area contributed by atoms with Gasteiger partial charge in [-0.2, -0.15) is 0 Å². The van der Waals surface area contributed by atoms with Gasteiger partial charge in [-0.15, -0.1) is 0 Å². The van der Waals surface area contributed by atoms with Crippen LogP contribution >= 0.6 is 0 Å². The molecule has 0 spiro atoms. The summed E-state index contributed by atoms with van der Waals surface area (Å²) in [4.78, 5) is 23.5. The van der Waals surface area contributed by atoms with Gasteiger partial charge in [0.15, 0.2) is 0 Å². The second-order valence-electron chi connectivity index (χ2n) is 6.07. The van der Waals surface area contributed by atoms with E-state index in [0.717, 1.165) is 5.56 Å². The summed E-state index contributed by atoms with van der Waals surface area (Å²) in [5, 5.41) is 14.6. The molecule has 0 aromatic heterocycles. The molecule has 5 heteroatoms. The molecule has 3 N–H and O–H groups in total. The monoisotopic (exact) mass is 292 g/mol. The molecule has 1 aromatic carbocycles. The molecule has 0 aliphatic rings. The minimum Gasteiger partial charge on any atom is -0.394 e. The van der Waals surface area contributed by atoms with Gasteiger partial charge in [0.1, 0.15) is 0 Å². The van der Waals surface area contributed by atoms with E-state index in [4.69, 9.17) is 0 Å². The Morgan fingerprint density at radius 2 is 1.81 bits per heavy atom. The molecule has 0 saturated heterocycles. The average Bonchev–Trinajstić information content (AvgIpc) is 2.44. The van der Waals surface area contributed by atoms with Gasteiger partial charge in [0, 0.05) is 5.41 Å². The van der Waals surface area contributed by atoms with E-state index in [2.05, 4.69) is 10.6 Å². The average molecular weight is 292 g/mol. The van der Waals surface area contributed by atoms with Gasteiger partial charge < -0.3 is 15.7 Å². The van der Waals surface area contributed by atoms with Crippen molar-refractivity contribution in [3.63, 3.8) is 0 Å². The Morgan fingerprint density at radius 1 is 1.19 bits per heavy atom. The predicted molar refractivity (Wildman–Crippen MR) is 81.6 cm³/mol. The molecule has 0 heterocycles. The molecule has 21 heavy (non-hydrogen) atoms. The molecule has 0 bridgehead atoms. The normalized spacial score (nSPS) is 12.6. The van der Waals surface area contributed by atoms with Crippen LogP contribution in [-0.4, -0.2) is 36.1 Å². The van der Waals surface area contributed by atoms with E-state index in [0.29, 0.717) is 6.42 Å². The molecule has 0 radical (unpaired) electrons. The summed E-state index contributed by atoms with van der Waals surface area (Å²) < 4.78 is 0. The standard InChI is InChI=1S/C16H24N2O3/c1-16(2,3)15(21)17-10-14(20)18-13(11-19)9-12-7-5-4-6-8-12/h4-8,13,19H,9-11H2,1-3H3,(H,17,21)(H,18,20)/t13-/m1/s1. The van der Waals surface area contributed by atoms with E-state index < -0.39 is 5.41 Å². The van der Waals surface area contributed by atoms with Gasteiger partial charge in [0.25, 0.3) is 0 Å². The topological polar surface area (TPSA) is 78.4 Å². The van der Waals surface area contributed by atoms with Gasteiger partial charge >= 0.3 is 0 Å². The Kier molecular flexibility index (Phi) is 6.37. The number of hydrogen-bond acceptors (Lipinski definition) is 3. The largest absolute Gasteiger partial charge is 0.394 e. The van der Waals surface area contributed by atoms with Crippen LogP contribution in [-0.2, 0) is 16.0 Å². The number of hydrogen-bond donors (Lipinski definition) is 3. The summed E-state index contributed by atoms with van der Waals surface area (Å²) in [5.74, 6) is -0.483. The maximum Gasteiger partial charge on any atom is 0.239 e. The molecule has 1 atom stereocenters. The van der Waals surface area contributed by atoms with Crippen molar-refractivity contribution in [2.24, 2.45) is 5.41 Å². The van der Waals surface area contributed by atoms with E-state index >= 15 is 0 Å². The highest BCUT2D eigenvalue weighted by atomic mass is 16.3. The second-order valence-corrected chi connectivity index (χ2v) is 6.07. The third-order valence-electron chi connectivity index (χ3n) is 3.00. The fourth-order valence-electron chi connectivity index (χ4n) is 1.76. The van der Waals surface area contributed by atoms with Crippen molar-refractivity contribution in [1.82, 2.24) is 10.6 Å². The summed E-state index contributed by atoms with van der Waals surface area (Å²) in [5.41, 5.74) is 0.510. The fourth-order valence-corrected chi connectivity index (χ4v) is 1.76. The van der Waals surface area contributed by atoms with Crippen LogP contribution in [0.1, 0.15) is 26.3 Å². The highest BCUT2D eigenvalue weighted by molar-refractivity contribution is 5.87. The van der Waals surface area contributed by atoms with E-state index in [9.17, 15) is 14.7 Å². The first-order chi connectivity index (χ1) is 9.82. The summed E-state index contributed by atoms with van der Waals surface area (Å²) in [6.07, 6.45) is 0.552. The Balaban J connectivity index is 2.43. The fraction of sp³-hybridized carbons (Fsp3) is 0.500. The van der Waals surface area contributed by atoms with Crippen molar-refractivity contribution < 1.29 is 14.7 Å². The minimum absolute atomic E-state index is 0.0820. The van der Waals surface area contributed by atoms with Crippen LogP contribution in [0.3, 0.4) is 0 Å². The number of nitrogens with one attached hydrogen (secondary N) is 2. The second kappa shape index (κ2) is 7.78. The zero-order chi connectivity index (χ0) is 15.9. The van der Waals surface area contributed by atoms with E-state index in [1.165, 1.54) is 0 Å². The van der Waals surface area contributed by atoms with Crippen molar-refractivity contribution in [2.45, 2.75) is 33.2 Å². The maximum absolute atomic E-state index is 11.8. The molecule has 0 aliphatic heterocycles. The highest BCUT2D eigenvalue weighted by Gasteiger charge is 2.21. The molecule has 0 unspecified atom stereocenters. The Morgan fingerprint density at radius 3 is 2.33 bits per heavy atom. The van der Waals surface area contributed by atoms with Crippen LogP contribution in [0, 0.1) is 5.41 Å². The number of benzene rings is 1. The molecular weight excluding hydrogens is 268 g/mol. The first-order valence-corrected chi connectivity index (χ1v) is 7.05. The van der Waals surface area contributed by atoms with Crippen molar-refractivity contribution in [2.75, 3.05) is 13.2 Å². The van der Waals surface area contributed by atoms with E-state index in [-0.39, 0.29) is 31.0 Å². The number of rotatable bonds is 6. The van der Waals surface area contributed by atoms with E-state index in [1.807, 2.05) is 30.3 Å². The minimum atomic E-state index is -0.527. The van der Waals surface area contributed by atoms with Gasteiger partial charge in [0.2, 0.25) is 11.8 Å². The van der Waals surface area contributed by atoms with Crippen LogP contribution in [0.15, 0.2) is 30.3 Å².